The molecule has 18 heavy (non-hydrogen) atoms. The van der Waals surface area contributed by atoms with Gasteiger partial charge < -0.3 is 21.0 Å². The normalized spacial score (nSPS) is 11.1. The standard InChI is InChI=1S/C11H14BrN3O3/c1-18-9-6-7(12)2-3-8(9)11(16)14-5-4-10(13)15-17/h2-3,6,17H,4-5H2,1H3,(H2,13,15)(H,14,16). The predicted molar refractivity (Wildman–Crippen MR) is 71.1 cm³/mol. The summed E-state index contributed by atoms with van der Waals surface area (Å²) in [6.45, 7) is 0.286. The molecule has 0 saturated carbocycles. The minimum atomic E-state index is -0.273. The van der Waals surface area contributed by atoms with Crippen LogP contribution in [-0.4, -0.2) is 30.6 Å². The summed E-state index contributed by atoms with van der Waals surface area (Å²) in [7, 11) is 1.49. The van der Waals surface area contributed by atoms with Crippen molar-refractivity contribution in [2.24, 2.45) is 10.9 Å². The van der Waals surface area contributed by atoms with E-state index in [-0.39, 0.29) is 24.7 Å². The van der Waals surface area contributed by atoms with Crippen molar-refractivity contribution >= 4 is 27.7 Å². The van der Waals surface area contributed by atoms with E-state index in [0.29, 0.717) is 11.3 Å². The number of oxime groups is 1. The zero-order chi connectivity index (χ0) is 13.5. The Bertz CT molecular complexity index is 463. The average molecular weight is 316 g/mol. The summed E-state index contributed by atoms with van der Waals surface area (Å²) >= 11 is 3.30. The minimum absolute atomic E-state index is 0.0677. The van der Waals surface area contributed by atoms with Gasteiger partial charge in [0.05, 0.1) is 12.7 Å². The van der Waals surface area contributed by atoms with Gasteiger partial charge in [-0.05, 0) is 18.2 Å². The van der Waals surface area contributed by atoms with E-state index in [1.165, 1.54) is 7.11 Å². The van der Waals surface area contributed by atoms with E-state index in [9.17, 15) is 4.79 Å². The average Bonchev–Trinajstić information content (AvgIpc) is 2.37. The van der Waals surface area contributed by atoms with Crippen LogP contribution in [0.15, 0.2) is 27.8 Å². The second-order valence-electron chi connectivity index (χ2n) is 3.44. The summed E-state index contributed by atoms with van der Waals surface area (Å²) in [6.07, 6.45) is 0.279. The first kappa shape index (κ1) is 14.3. The van der Waals surface area contributed by atoms with Crippen molar-refractivity contribution in [3.63, 3.8) is 0 Å². The van der Waals surface area contributed by atoms with Crippen LogP contribution in [-0.2, 0) is 0 Å². The molecule has 0 unspecified atom stereocenters. The zero-order valence-corrected chi connectivity index (χ0v) is 11.4. The Hall–Kier alpha value is -1.76. The molecule has 1 aromatic rings. The number of benzene rings is 1. The van der Waals surface area contributed by atoms with Gasteiger partial charge in [-0.1, -0.05) is 21.1 Å². The number of rotatable bonds is 5. The van der Waals surface area contributed by atoms with Crippen LogP contribution in [0.1, 0.15) is 16.8 Å². The van der Waals surface area contributed by atoms with E-state index in [4.69, 9.17) is 15.7 Å². The number of carbonyl (C=O) groups is 1. The first-order valence-electron chi connectivity index (χ1n) is 5.16. The topological polar surface area (TPSA) is 96.9 Å². The van der Waals surface area contributed by atoms with Crippen molar-refractivity contribution in [2.45, 2.75) is 6.42 Å². The Morgan fingerprint density at radius 3 is 2.94 bits per heavy atom. The van der Waals surface area contributed by atoms with Crippen molar-refractivity contribution in [3.8, 4) is 5.75 Å². The maximum absolute atomic E-state index is 11.9. The van der Waals surface area contributed by atoms with E-state index in [2.05, 4.69) is 26.4 Å². The van der Waals surface area contributed by atoms with Gasteiger partial charge in [-0.15, -0.1) is 0 Å². The molecule has 1 aromatic carbocycles. The number of amidine groups is 1. The number of nitrogens with one attached hydrogen (secondary N) is 1. The lowest BCUT2D eigenvalue weighted by Crippen LogP contribution is -2.28. The Morgan fingerprint density at radius 1 is 1.61 bits per heavy atom. The van der Waals surface area contributed by atoms with Gasteiger partial charge in [-0.2, -0.15) is 0 Å². The molecule has 0 heterocycles. The number of amides is 1. The summed E-state index contributed by atoms with van der Waals surface area (Å²) in [5.74, 6) is 0.272. The van der Waals surface area contributed by atoms with Crippen LogP contribution >= 0.6 is 15.9 Å². The minimum Gasteiger partial charge on any atom is -0.496 e. The summed E-state index contributed by atoms with van der Waals surface area (Å²) in [5.41, 5.74) is 5.72. The van der Waals surface area contributed by atoms with Crippen molar-refractivity contribution in [3.05, 3.63) is 28.2 Å². The van der Waals surface area contributed by atoms with Crippen LogP contribution in [0.4, 0.5) is 0 Å². The van der Waals surface area contributed by atoms with Crippen molar-refractivity contribution < 1.29 is 14.7 Å². The summed E-state index contributed by atoms with van der Waals surface area (Å²) in [5, 5.41) is 13.8. The van der Waals surface area contributed by atoms with E-state index in [1.54, 1.807) is 18.2 Å². The van der Waals surface area contributed by atoms with Crippen molar-refractivity contribution in [1.29, 1.82) is 0 Å². The summed E-state index contributed by atoms with van der Waals surface area (Å²) < 4.78 is 5.94. The van der Waals surface area contributed by atoms with Crippen molar-refractivity contribution in [2.75, 3.05) is 13.7 Å². The maximum atomic E-state index is 11.9. The number of hydrogen-bond acceptors (Lipinski definition) is 4. The Labute approximate surface area is 113 Å². The second-order valence-corrected chi connectivity index (χ2v) is 4.36. The molecule has 0 bridgehead atoms. The van der Waals surface area contributed by atoms with Crippen LogP contribution in [0.2, 0.25) is 0 Å². The maximum Gasteiger partial charge on any atom is 0.255 e. The molecule has 1 amide bonds. The van der Waals surface area contributed by atoms with Crippen LogP contribution in [0.3, 0.4) is 0 Å². The third-order valence-corrected chi connectivity index (χ3v) is 2.70. The van der Waals surface area contributed by atoms with Gasteiger partial charge in [0.1, 0.15) is 11.6 Å². The number of hydrogen-bond donors (Lipinski definition) is 3. The zero-order valence-electron chi connectivity index (χ0n) is 9.81. The molecule has 4 N–H and O–H groups in total. The van der Waals surface area contributed by atoms with Gasteiger partial charge in [-0.3, -0.25) is 4.79 Å². The van der Waals surface area contributed by atoms with Gasteiger partial charge in [-0.25, -0.2) is 0 Å². The largest absolute Gasteiger partial charge is 0.496 e. The van der Waals surface area contributed by atoms with Crippen LogP contribution in [0, 0.1) is 0 Å². The second kappa shape index (κ2) is 6.85. The first-order chi connectivity index (χ1) is 8.58. The fourth-order valence-corrected chi connectivity index (χ4v) is 1.64. The van der Waals surface area contributed by atoms with E-state index < -0.39 is 0 Å². The van der Waals surface area contributed by atoms with Gasteiger partial charge in [0, 0.05) is 17.4 Å². The number of halogens is 1. The third-order valence-electron chi connectivity index (χ3n) is 2.20. The molecule has 0 saturated heterocycles. The fourth-order valence-electron chi connectivity index (χ4n) is 1.30. The smallest absolute Gasteiger partial charge is 0.255 e. The van der Waals surface area contributed by atoms with Gasteiger partial charge in [0.25, 0.3) is 5.91 Å². The lowest BCUT2D eigenvalue weighted by Gasteiger charge is -2.09. The van der Waals surface area contributed by atoms with E-state index in [1.807, 2.05) is 0 Å². The number of methoxy groups -OCH3 is 1. The SMILES string of the molecule is COc1cc(Br)ccc1C(=O)NCC/C(N)=N/O. The number of ether oxygens (including phenoxy) is 1. The molecule has 0 spiro atoms. The summed E-state index contributed by atoms with van der Waals surface area (Å²) in [6, 6.07) is 5.11. The molecule has 7 heteroatoms. The van der Waals surface area contributed by atoms with E-state index in [0.717, 1.165) is 4.47 Å². The molecule has 98 valence electrons. The number of nitrogens with two attached hydrogens (primary N) is 1. The lowest BCUT2D eigenvalue weighted by molar-refractivity contribution is 0.0951. The molecular weight excluding hydrogens is 302 g/mol. The Kier molecular flexibility index (Phi) is 5.44. The molecule has 0 aliphatic rings. The highest BCUT2D eigenvalue weighted by Crippen LogP contribution is 2.23. The summed E-state index contributed by atoms with van der Waals surface area (Å²) in [4.78, 5) is 11.9. The molecule has 0 fully saturated rings. The molecule has 0 aliphatic carbocycles. The molecule has 0 atom stereocenters. The molecule has 0 aliphatic heterocycles. The van der Waals surface area contributed by atoms with Crippen LogP contribution in [0.5, 0.6) is 5.75 Å². The predicted octanol–water partition coefficient (Wildman–Crippen LogP) is 1.32. The molecule has 0 radical (unpaired) electrons. The monoisotopic (exact) mass is 315 g/mol. The molecule has 1 rings (SSSR count). The van der Waals surface area contributed by atoms with Gasteiger partial charge >= 0.3 is 0 Å². The molecular formula is C11H14BrN3O3. The number of carbonyl (C=O) groups excluding carboxylic acids is 1. The van der Waals surface area contributed by atoms with Gasteiger partial charge in [0.2, 0.25) is 0 Å². The third kappa shape index (κ3) is 3.92. The Morgan fingerprint density at radius 2 is 2.33 bits per heavy atom. The highest BCUT2D eigenvalue weighted by molar-refractivity contribution is 9.10. The van der Waals surface area contributed by atoms with E-state index >= 15 is 0 Å². The fraction of sp³-hybridized carbons (Fsp3) is 0.273. The highest BCUT2D eigenvalue weighted by atomic mass is 79.9. The number of nitrogens with zero attached hydrogens (tertiary/aromatic N) is 1. The molecule has 0 aromatic heterocycles. The lowest BCUT2D eigenvalue weighted by atomic mass is 10.2. The van der Waals surface area contributed by atoms with Crippen molar-refractivity contribution in [1.82, 2.24) is 5.32 Å². The van der Waals surface area contributed by atoms with Crippen LogP contribution < -0.4 is 15.8 Å². The highest BCUT2D eigenvalue weighted by Gasteiger charge is 2.12. The first-order valence-corrected chi connectivity index (χ1v) is 5.96. The van der Waals surface area contributed by atoms with Gasteiger partial charge in [0.15, 0.2) is 0 Å². The quantitative estimate of drug-likeness (QED) is 0.330. The van der Waals surface area contributed by atoms with Crippen LogP contribution in [0.25, 0.3) is 0 Å². The Balaban J connectivity index is 2.67. The molecule has 6 nitrogen and oxygen atoms in total.